The molecule has 1 saturated heterocycles. The van der Waals surface area contributed by atoms with Crippen LogP contribution in [-0.4, -0.2) is 64.1 Å². The van der Waals surface area contributed by atoms with Crippen LogP contribution in [-0.2, 0) is 20.4 Å². The molecule has 1 aromatic rings. The van der Waals surface area contributed by atoms with Gasteiger partial charge in [0, 0.05) is 26.2 Å². The summed E-state index contributed by atoms with van der Waals surface area (Å²) in [5.74, 6) is 1.50. The molecule has 4 N–H and O–H groups in total. The first-order valence-electron chi connectivity index (χ1n) is 10.1. The molecule has 0 spiro atoms. The number of aliphatic hydroxyl groups is 1. The van der Waals surface area contributed by atoms with Gasteiger partial charge in [0.1, 0.15) is 17.1 Å². The Balaban J connectivity index is 0.00000450. The monoisotopic (exact) mass is 558 g/mol. The fourth-order valence-corrected chi connectivity index (χ4v) is 3.90. The van der Waals surface area contributed by atoms with Gasteiger partial charge in [0.05, 0.1) is 18.4 Å². The van der Waals surface area contributed by atoms with Gasteiger partial charge in [0.2, 0.25) is 10.0 Å². The molecule has 174 valence electrons. The number of nitrogens with one attached hydrogen (secondary N) is 3. The van der Waals surface area contributed by atoms with Crippen molar-refractivity contribution in [2.75, 3.05) is 38.5 Å². The van der Waals surface area contributed by atoms with Gasteiger partial charge in [-0.1, -0.05) is 0 Å². The van der Waals surface area contributed by atoms with Crippen molar-refractivity contribution < 1.29 is 22.7 Å². The van der Waals surface area contributed by atoms with Crippen LogP contribution in [0.2, 0.25) is 0 Å². The summed E-state index contributed by atoms with van der Waals surface area (Å²) >= 11 is 0. The average molecular weight is 558 g/mol. The third-order valence-corrected chi connectivity index (χ3v) is 5.98. The van der Waals surface area contributed by atoms with Crippen molar-refractivity contribution in [2.24, 2.45) is 4.99 Å². The molecule has 30 heavy (non-hydrogen) atoms. The van der Waals surface area contributed by atoms with Crippen molar-refractivity contribution in [2.45, 2.75) is 51.7 Å². The van der Waals surface area contributed by atoms with Crippen molar-refractivity contribution in [1.29, 1.82) is 0 Å². The van der Waals surface area contributed by atoms with Crippen LogP contribution in [0.3, 0.4) is 0 Å². The van der Waals surface area contributed by atoms with Gasteiger partial charge in [0.25, 0.3) is 0 Å². The smallest absolute Gasteiger partial charge is 0.213 e. The van der Waals surface area contributed by atoms with Crippen LogP contribution in [0.1, 0.15) is 44.6 Å². The van der Waals surface area contributed by atoms with E-state index in [2.05, 4.69) is 20.3 Å². The van der Waals surface area contributed by atoms with Crippen LogP contribution >= 0.6 is 24.0 Å². The molecule has 2 rings (SSSR count). The number of nitrogens with zero attached hydrogens (tertiary/aromatic N) is 1. The minimum Gasteiger partial charge on any atom is -0.463 e. The second-order valence-electron chi connectivity index (χ2n) is 7.46. The van der Waals surface area contributed by atoms with E-state index in [0.29, 0.717) is 37.2 Å². The number of halogens is 1. The maximum Gasteiger partial charge on any atom is 0.213 e. The summed E-state index contributed by atoms with van der Waals surface area (Å²) in [6, 6.07) is 3.51. The van der Waals surface area contributed by atoms with Gasteiger partial charge in [-0.2, -0.15) is 0 Å². The number of aryl methyl sites for hydroxylation is 1. The molecule has 11 heteroatoms. The van der Waals surface area contributed by atoms with Crippen molar-refractivity contribution in [3.8, 4) is 0 Å². The molecule has 9 nitrogen and oxygen atoms in total. The van der Waals surface area contributed by atoms with Gasteiger partial charge in [-0.15, -0.1) is 24.0 Å². The molecule has 2 heterocycles. The van der Waals surface area contributed by atoms with Crippen molar-refractivity contribution >= 4 is 40.0 Å². The second-order valence-corrected chi connectivity index (χ2v) is 9.39. The summed E-state index contributed by atoms with van der Waals surface area (Å²) in [6.45, 7) is 7.21. The number of furan rings is 1. The second kappa shape index (κ2) is 12.8. The zero-order chi connectivity index (χ0) is 21.3. The molecular formula is C19H35IN4O5S. The lowest BCUT2D eigenvalue weighted by Gasteiger charge is -2.22. The van der Waals surface area contributed by atoms with Gasteiger partial charge in [-0.05, 0) is 52.2 Å². The van der Waals surface area contributed by atoms with E-state index in [0.717, 1.165) is 19.3 Å². The SMILES string of the molecule is CCNC(=NCC(C)(O)c1ccc(C)o1)NCCS(=O)(=O)NCC1CCCCO1.I. The Kier molecular flexibility index (Phi) is 11.6. The van der Waals surface area contributed by atoms with Crippen LogP contribution in [0.25, 0.3) is 0 Å². The first-order valence-corrected chi connectivity index (χ1v) is 11.8. The topological polar surface area (TPSA) is 125 Å². The van der Waals surface area contributed by atoms with Crippen molar-refractivity contribution in [3.05, 3.63) is 23.7 Å². The van der Waals surface area contributed by atoms with E-state index in [1.54, 1.807) is 19.1 Å². The van der Waals surface area contributed by atoms with Crippen LogP contribution in [0.4, 0.5) is 0 Å². The average Bonchev–Trinajstić information content (AvgIpc) is 3.13. The highest BCUT2D eigenvalue weighted by Crippen LogP contribution is 2.23. The minimum absolute atomic E-state index is 0. The third-order valence-electron chi connectivity index (χ3n) is 4.63. The highest BCUT2D eigenvalue weighted by molar-refractivity contribution is 14.0. The Morgan fingerprint density at radius 3 is 2.70 bits per heavy atom. The summed E-state index contributed by atoms with van der Waals surface area (Å²) in [4.78, 5) is 4.36. The number of guanidine groups is 1. The van der Waals surface area contributed by atoms with Crippen LogP contribution in [0.5, 0.6) is 0 Å². The van der Waals surface area contributed by atoms with Crippen molar-refractivity contribution in [1.82, 2.24) is 15.4 Å². The number of hydrogen-bond acceptors (Lipinski definition) is 6. The van der Waals surface area contributed by atoms with E-state index in [4.69, 9.17) is 9.15 Å². The Hall–Kier alpha value is -0.890. The highest BCUT2D eigenvalue weighted by Gasteiger charge is 2.26. The lowest BCUT2D eigenvalue weighted by Crippen LogP contribution is -2.43. The van der Waals surface area contributed by atoms with E-state index in [1.807, 2.05) is 13.8 Å². The Bertz CT molecular complexity index is 761. The first-order chi connectivity index (χ1) is 13.7. The zero-order valence-electron chi connectivity index (χ0n) is 17.9. The minimum atomic E-state index is -3.41. The molecule has 2 atom stereocenters. The Morgan fingerprint density at radius 1 is 1.33 bits per heavy atom. The highest BCUT2D eigenvalue weighted by atomic mass is 127. The van der Waals surface area contributed by atoms with Gasteiger partial charge >= 0.3 is 0 Å². The molecule has 2 unspecified atom stereocenters. The molecule has 0 radical (unpaired) electrons. The largest absolute Gasteiger partial charge is 0.463 e. The normalized spacial score (nSPS) is 19.6. The molecule has 0 amide bonds. The van der Waals surface area contributed by atoms with Gasteiger partial charge in [-0.25, -0.2) is 18.1 Å². The van der Waals surface area contributed by atoms with E-state index in [1.165, 1.54) is 0 Å². The Morgan fingerprint density at radius 2 is 2.10 bits per heavy atom. The van der Waals surface area contributed by atoms with E-state index >= 15 is 0 Å². The standard InChI is InChI=1S/C19H34N4O5S.HI/c1-4-20-18(22-14-19(3,24)17-9-8-15(2)28-17)21-10-12-29(25,26)23-13-16-7-5-6-11-27-16;/h8-9,16,23-24H,4-7,10-14H2,1-3H3,(H2,20,21,22);1H. The Labute approximate surface area is 196 Å². The lowest BCUT2D eigenvalue weighted by atomic mass is 10.0. The fourth-order valence-electron chi connectivity index (χ4n) is 2.94. The van der Waals surface area contributed by atoms with Gasteiger partial charge in [0.15, 0.2) is 5.96 Å². The number of rotatable bonds is 10. The molecule has 1 fully saturated rings. The van der Waals surface area contributed by atoms with E-state index < -0.39 is 15.6 Å². The van der Waals surface area contributed by atoms with Gasteiger partial charge in [-0.3, -0.25) is 0 Å². The zero-order valence-corrected chi connectivity index (χ0v) is 21.1. The number of sulfonamides is 1. The maximum atomic E-state index is 12.2. The maximum absolute atomic E-state index is 12.2. The van der Waals surface area contributed by atoms with E-state index in [-0.39, 0.29) is 48.9 Å². The molecule has 1 aliphatic rings. The third kappa shape index (κ3) is 9.50. The van der Waals surface area contributed by atoms with Crippen LogP contribution in [0, 0.1) is 6.92 Å². The fraction of sp³-hybridized carbons (Fsp3) is 0.737. The molecule has 0 saturated carbocycles. The molecule has 1 aromatic heterocycles. The van der Waals surface area contributed by atoms with Crippen molar-refractivity contribution in [3.63, 3.8) is 0 Å². The first kappa shape index (κ1) is 27.1. The molecule has 0 aliphatic carbocycles. The van der Waals surface area contributed by atoms with Gasteiger partial charge < -0.3 is 24.9 Å². The number of hydrogen-bond donors (Lipinski definition) is 4. The summed E-state index contributed by atoms with van der Waals surface area (Å²) < 4.78 is 38.0. The van der Waals surface area contributed by atoms with Crippen LogP contribution < -0.4 is 15.4 Å². The summed E-state index contributed by atoms with van der Waals surface area (Å²) in [5, 5.41) is 16.6. The molecular weight excluding hydrogens is 523 g/mol. The molecule has 0 aromatic carbocycles. The molecule has 0 bridgehead atoms. The predicted octanol–water partition coefficient (Wildman–Crippen LogP) is 1.46. The number of aliphatic imine (C=N–C) groups is 1. The quantitative estimate of drug-likeness (QED) is 0.195. The summed E-state index contributed by atoms with van der Waals surface area (Å²) in [6.07, 6.45) is 2.94. The summed E-state index contributed by atoms with van der Waals surface area (Å²) in [7, 11) is -3.41. The number of ether oxygens (including phenoxy) is 1. The summed E-state index contributed by atoms with van der Waals surface area (Å²) in [5.41, 5.74) is -1.26. The predicted molar refractivity (Wildman–Crippen MR) is 128 cm³/mol. The van der Waals surface area contributed by atoms with Crippen LogP contribution in [0.15, 0.2) is 21.5 Å². The molecule has 1 aliphatic heterocycles. The van der Waals surface area contributed by atoms with E-state index in [9.17, 15) is 13.5 Å². The lowest BCUT2D eigenvalue weighted by molar-refractivity contribution is 0.0200.